The molecule has 6 nitrogen and oxygen atoms in total. The average Bonchev–Trinajstić information content (AvgIpc) is 3.23. The molecule has 0 radical (unpaired) electrons. The van der Waals surface area contributed by atoms with E-state index in [0.717, 1.165) is 16.9 Å². The number of hydrogen-bond acceptors (Lipinski definition) is 4. The number of hydrogen-bond donors (Lipinski definition) is 2. The van der Waals surface area contributed by atoms with Crippen molar-refractivity contribution in [3.63, 3.8) is 0 Å². The smallest absolute Gasteiger partial charge is 0.253 e. The molecule has 0 atom stereocenters. The third-order valence-corrected chi connectivity index (χ3v) is 4.59. The molecule has 3 aromatic rings. The van der Waals surface area contributed by atoms with E-state index in [4.69, 9.17) is 9.15 Å². The number of furan rings is 1. The average molecular weight is 392 g/mol. The van der Waals surface area contributed by atoms with Gasteiger partial charge in [0.1, 0.15) is 11.5 Å². The molecule has 0 saturated heterocycles. The monoisotopic (exact) mass is 392 g/mol. The lowest BCUT2D eigenvalue weighted by Gasteiger charge is -2.12. The molecule has 0 spiro atoms. The highest BCUT2D eigenvalue weighted by Gasteiger charge is 2.13. The maximum Gasteiger partial charge on any atom is 0.253 e. The van der Waals surface area contributed by atoms with Crippen LogP contribution in [0.1, 0.15) is 33.7 Å². The Morgan fingerprint density at radius 1 is 1.00 bits per heavy atom. The van der Waals surface area contributed by atoms with Gasteiger partial charge in [0.05, 0.1) is 37.1 Å². The van der Waals surface area contributed by atoms with Gasteiger partial charge in [-0.2, -0.15) is 0 Å². The van der Waals surface area contributed by atoms with Gasteiger partial charge >= 0.3 is 0 Å². The lowest BCUT2D eigenvalue weighted by molar-refractivity contribution is -0.116. The fraction of sp³-hybridized carbons (Fsp3) is 0.217. The highest BCUT2D eigenvalue weighted by atomic mass is 16.5. The summed E-state index contributed by atoms with van der Waals surface area (Å²) in [6.45, 7) is 4.53. The molecule has 29 heavy (non-hydrogen) atoms. The van der Waals surface area contributed by atoms with E-state index in [1.807, 2.05) is 32.0 Å². The zero-order chi connectivity index (χ0) is 20.6. The first-order chi connectivity index (χ1) is 14.0. The van der Waals surface area contributed by atoms with Crippen LogP contribution in [0.2, 0.25) is 0 Å². The molecule has 150 valence electrons. The molecular formula is C23H24N2O4. The van der Waals surface area contributed by atoms with Gasteiger partial charge in [-0.15, -0.1) is 0 Å². The topological polar surface area (TPSA) is 80.6 Å². The summed E-state index contributed by atoms with van der Waals surface area (Å²) in [5.74, 6) is 0.921. The molecule has 1 heterocycles. The number of aryl methyl sites for hydroxylation is 1. The van der Waals surface area contributed by atoms with Crippen LogP contribution in [0, 0.1) is 13.8 Å². The summed E-state index contributed by atoms with van der Waals surface area (Å²) in [4.78, 5) is 24.8. The van der Waals surface area contributed by atoms with Gasteiger partial charge in [0, 0.05) is 0 Å². The van der Waals surface area contributed by atoms with Crippen LogP contribution in [0.15, 0.2) is 65.3 Å². The first kappa shape index (κ1) is 20.2. The number of carbonyl (C=O) groups excluding carboxylic acids is 2. The lowest BCUT2D eigenvalue weighted by atomic mass is 10.1. The summed E-state index contributed by atoms with van der Waals surface area (Å²) in [5, 5.41) is 5.58. The molecule has 0 aliphatic heterocycles. The lowest BCUT2D eigenvalue weighted by Crippen LogP contribution is -2.25. The van der Waals surface area contributed by atoms with Gasteiger partial charge in [-0.25, -0.2) is 0 Å². The maximum absolute atomic E-state index is 12.5. The van der Waals surface area contributed by atoms with Gasteiger partial charge in [-0.1, -0.05) is 24.3 Å². The van der Waals surface area contributed by atoms with E-state index in [1.165, 1.54) is 0 Å². The van der Waals surface area contributed by atoms with Crippen molar-refractivity contribution in [2.24, 2.45) is 0 Å². The third-order valence-electron chi connectivity index (χ3n) is 4.59. The van der Waals surface area contributed by atoms with Crippen molar-refractivity contribution in [3.8, 4) is 5.75 Å². The minimum Gasteiger partial charge on any atom is -0.493 e. The number of para-hydroxylation sites is 1. The van der Waals surface area contributed by atoms with Crippen molar-refractivity contribution < 1.29 is 18.7 Å². The van der Waals surface area contributed by atoms with Crippen LogP contribution in [0.25, 0.3) is 0 Å². The van der Waals surface area contributed by atoms with Crippen LogP contribution in [0.5, 0.6) is 5.75 Å². The van der Waals surface area contributed by atoms with Crippen molar-refractivity contribution in [2.45, 2.75) is 26.8 Å². The fourth-order valence-corrected chi connectivity index (χ4v) is 2.81. The summed E-state index contributed by atoms with van der Waals surface area (Å²) < 4.78 is 10.9. The van der Waals surface area contributed by atoms with Gasteiger partial charge in [0.2, 0.25) is 5.91 Å². The SMILES string of the molecule is Cc1cccc(OCCC(=O)Nc2ccccc2C(=O)NCc2ccco2)c1C. The Labute approximate surface area is 169 Å². The highest BCUT2D eigenvalue weighted by Crippen LogP contribution is 2.21. The van der Waals surface area contributed by atoms with Gasteiger partial charge in [-0.05, 0) is 55.3 Å². The predicted molar refractivity (Wildman–Crippen MR) is 111 cm³/mol. The van der Waals surface area contributed by atoms with Crippen LogP contribution < -0.4 is 15.4 Å². The Kier molecular flexibility index (Phi) is 6.68. The second kappa shape index (κ2) is 9.59. The maximum atomic E-state index is 12.5. The molecular weight excluding hydrogens is 368 g/mol. The summed E-state index contributed by atoms with van der Waals surface area (Å²) in [6.07, 6.45) is 1.73. The van der Waals surface area contributed by atoms with Crippen molar-refractivity contribution in [1.82, 2.24) is 5.32 Å². The normalized spacial score (nSPS) is 10.4. The van der Waals surface area contributed by atoms with E-state index in [0.29, 0.717) is 17.0 Å². The molecule has 0 aliphatic carbocycles. The minimum absolute atomic E-state index is 0.176. The Balaban J connectivity index is 1.54. The molecule has 0 fully saturated rings. The number of amides is 2. The molecule has 0 aliphatic rings. The molecule has 2 N–H and O–H groups in total. The number of anilines is 1. The van der Waals surface area contributed by atoms with Crippen molar-refractivity contribution in [2.75, 3.05) is 11.9 Å². The number of ether oxygens (including phenoxy) is 1. The minimum atomic E-state index is -0.288. The molecule has 2 amide bonds. The van der Waals surface area contributed by atoms with Gasteiger partial charge in [0.25, 0.3) is 5.91 Å². The Bertz CT molecular complexity index is 980. The fourth-order valence-electron chi connectivity index (χ4n) is 2.81. The van der Waals surface area contributed by atoms with Gasteiger partial charge < -0.3 is 19.8 Å². The molecule has 2 aromatic carbocycles. The quantitative estimate of drug-likeness (QED) is 0.601. The van der Waals surface area contributed by atoms with E-state index in [9.17, 15) is 9.59 Å². The van der Waals surface area contributed by atoms with Crippen molar-refractivity contribution in [3.05, 3.63) is 83.3 Å². The van der Waals surface area contributed by atoms with Crippen LogP contribution in [0.3, 0.4) is 0 Å². The molecule has 6 heteroatoms. The Morgan fingerprint density at radius 3 is 2.62 bits per heavy atom. The molecule has 1 aromatic heterocycles. The van der Waals surface area contributed by atoms with E-state index < -0.39 is 0 Å². The molecule has 0 unspecified atom stereocenters. The van der Waals surface area contributed by atoms with Crippen LogP contribution in [0.4, 0.5) is 5.69 Å². The van der Waals surface area contributed by atoms with Crippen LogP contribution in [-0.4, -0.2) is 18.4 Å². The van der Waals surface area contributed by atoms with E-state index >= 15 is 0 Å². The van der Waals surface area contributed by atoms with Gasteiger partial charge in [-0.3, -0.25) is 9.59 Å². The van der Waals surface area contributed by atoms with Crippen LogP contribution >= 0.6 is 0 Å². The number of nitrogens with one attached hydrogen (secondary N) is 2. The third kappa shape index (κ3) is 5.48. The summed E-state index contributed by atoms with van der Waals surface area (Å²) in [6, 6.07) is 16.3. The number of benzene rings is 2. The summed E-state index contributed by atoms with van der Waals surface area (Å²) in [7, 11) is 0. The van der Waals surface area contributed by atoms with E-state index in [2.05, 4.69) is 10.6 Å². The van der Waals surface area contributed by atoms with E-state index in [1.54, 1.807) is 42.7 Å². The second-order valence-corrected chi connectivity index (χ2v) is 6.65. The number of carbonyl (C=O) groups is 2. The van der Waals surface area contributed by atoms with Crippen molar-refractivity contribution in [1.29, 1.82) is 0 Å². The highest BCUT2D eigenvalue weighted by molar-refractivity contribution is 6.03. The Morgan fingerprint density at radius 2 is 1.83 bits per heavy atom. The zero-order valence-electron chi connectivity index (χ0n) is 16.5. The second-order valence-electron chi connectivity index (χ2n) is 6.65. The first-order valence-corrected chi connectivity index (χ1v) is 9.43. The zero-order valence-corrected chi connectivity index (χ0v) is 16.5. The first-order valence-electron chi connectivity index (χ1n) is 9.43. The molecule has 0 saturated carbocycles. The number of rotatable bonds is 8. The Hall–Kier alpha value is -3.54. The molecule has 0 bridgehead atoms. The largest absolute Gasteiger partial charge is 0.493 e. The predicted octanol–water partition coefficient (Wildman–Crippen LogP) is 4.23. The van der Waals surface area contributed by atoms with Gasteiger partial charge in [0.15, 0.2) is 0 Å². The van der Waals surface area contributed by atoms with E-state index in [-0.39, 0.29) is 31.4 Å². The summed E-state index contributed by atoms with van der Waals surface area (Å²) in [5.41, 5.74) is 3.05. The van der Waals surface area contributed by atoms with Crippen molar-refractivity contribution >= 4 is 17.5 Å². The van der Waals surface area contributed by atoms with Crippen LogP contribution in [-0.2, 0) is 11.3 Å². The standard InChI is InChI=1S/C23H24N2O4/c1-16-7-5-11-21(17(16)2)29-14-12-22(26)25-20-10-4-3-9-19(20)23(27)24-15-18-8-6-13-28-18/h3-11,13H,12,14-15H2,1-2H3,(H,24,27)(H,25,26). The summed E-state index contributed by atoms with van der Waals surface area (Å²) >= 11 is 0. The molecule has 3 rings (SSSR count).